The van der Waals surface area contributed by atoms with Crippen molar-refractivity contribution in [2.45, 2.75) is 46.0 Å². The first-order valence-corrected chi connectivity index (χ1v) is 6.98. The first-order valence-electron chi connectivity index (χ1n) is 6.98. The molecule has 1 aliphatic rings. The number of pyridine rings is 1. The summed E-state index contributed by atoms with van der Waals surface area (Å²) in [4.78, 5) is 4.70. The number of hydrogen-bond acceptors (Lipinski definition) is 2. The topological polar surface area (TPSA) is 22.1 Å². The molecule has 1 aromatic rings. The number of rotatable bonds is 5. The summed E-state index contributed by atoms with van der Waals surface area (Å²) in [6.07, 6.45) is 7.72. The fraction of sp³-hybridized carbons (Fsp3) is 0.562. The van der Waals surface area contributed by atoms with Gasteiger partial charge in [-0.2, -0.15) is 0 Å². The van der Waals surface area contributed by atoms with Gasteiger partial charge in [-0.15, -0.1) is 0 Å². The molecule has 0 unspecified atom stereocenters. The Bertz CT molecular complexity index is 415. The highest BCUT2D eigenvalue weighted by Crippen LogP contribution is 2.24. The van der Waals surface area contributed by atoms with E-state index in [9.17, 15) is 0 Å². The summed E-state index contributed by atoms with van der Waals surface area (Å²) in [6, 6.07) is 4.18. The van der Waals surface area contributed by atoms with E-state index in [1.54, 1.807) is 0 Å². The second kappa shape index (κ2) is 6.03. The van der Waals surface area contributed by atoms with E-state index in [1.807, 2.05) is 0 Å². The van der Waals surface area contributed by atoms with E-state index in [1.165, 1.54) is 0 Å². The van der Waals surface area contributed by atoms with Crippen molar-refractivity contribution in [3.63, 3.8) is 0 Å². The van der Waals surface area contributed by atoms with Crippen LogP contribution in [0.15, 0.2) is 24.3 Å². The third-order valence-electron chi connectivity index (χ3n) is 3.46. The number of aryl methyl sites for hydroxylation is 1. The van der Waals surface area contributed by atoms with Gasteiger partial charge in [-0.05, 0) is 43.2 Å². The monoisotopic (exact) mass is 245 g/mol. The van der Waals surface area contributed by atoms with Crippen molar-refractivity contribution in [1.82, 2.24) is 4.98 Å². The molecule has 0 fully saturated rings. The fourth-order valence-corrected chi connectivity index (χ4v) is 2.23. The molecule has 0 aliphatic heterocycles. The van der Waals surface area contributed by atoms with Crippen molar-refractivity contribution in [3.05, 3.63) is 35.7 Å². The van der Waals surface area contributed by atoms with Crippen molar-refractivity contribution in [3.8, 4) is 5.75 Å². The van der Waals surface area contributed by atoms with E-state index in [-0.39, 0.29) is 0 Å². The summed E-state index contributed by atoms with van der Waals surface area (Å²) in [5, 5.41) is 0. The van der Waals surface area contributed by atoms with Crippen molar-refractivity contribution in [2.75, 3.05) is 6.61 Å². The number of allylic oxidation sites excluding steroid dienone is 2. The van der Waals surface area contributed by atoms with Crippen molar-refractivity contribution < 1.29 is 4.74 Å². The average molecular weight is 245 g/mol. The minimum atomic E-state index is 0.475. The van der Waals surface area contributed by atoms with Crippen LogP contribution in [0.3, 0.4) is 0 Å². The average Bonchev–Trinajstić information content (AvgIpc) is 2.89. The second-order valence-electron chi connectivity index (χ2n) is 5.31. The molecular formula is C16H23NO. The van der Waals surface area contributed by atoms with Crippen LogP contribution in [0.4, 0.5) is 0 Å². The van der Waals surface area contributed by atoms with Crippen LogP contribution in [0.1, 0.15) is 50.9 Å². The Morgan fingerprint density at radius 3 is 2.61 bits per heavy atom. The number of ether oxygens (including phenoxy) is 1. The third-order valence-corrected chi connectivity index (χ3v) is 3.46. The lowest BCUT2D eigenvalue weighted by molar-refractivity contribution is 0.253. The van der Waals surface area contributed by atoms with Crippen LogP contribution >= 0.6 is 0 Å². The van der Waals surface area contributed by atoms with E-state index in [0.29, 0.717) is 11.8 Å². The van der Waals surface area contributed by atoms with Crippen molar-refractivity contribution in [2.24, 2.45) is 5.92 Å². The lowest BCUT2D eigenvalue weighted by atomic mass is 10.1. The predicted octanol–water partition coefficient (Wildman–Crippen LogP) is 4.11. The molecule has 2 rings (SSSR count). The van der Waals surface area contributed by atoms with Gasteiger partial charge >= 0.3 is 0 Å². The van der Waals surface area contributed by atoms with Crippen LogP contribution in [-0.2, 0) is 6.42 Å². The first-order chi connectivity index (χ1) is 8.70. The zero-order chi connectivity index (χ0) is 13.0. The van der Waals surface area contributed by atoms with Gasteiger partial charge in [0.1, 0.15) is 5.75 Å². The summed E-state index contributed by atoms with van der Waals surface area (Å²) in [6.45, 7) is 7.29. The Balaban J connectivity index is 2.02. The standard InChI is InChI=1S/C16H23NO/c1-4-14-16(10-9-15(17-14)12(2)3)18-11-13-7-5-6-8-13/h5-6,9-10,12-13H,4,7-8,11H2,1-3H3. The van der Waals surface area contributed by atoms with E-state index in [4.69, 9.17) is 9.72 Å². The van der Waals surface area contributed by atoms with Crippen LogP contribution in [0.25, 0.3) is 0 Å². The predicted molar refractivity (Wildman–Crippen MR) is 75.1 cm³/mol. The Kier molecular flexibility index (Phi) is 4.40. The van der Waals surface area contributed by atoms with Gasteiger partial charge in [0.05, 0.1) is 12.3 Å². The molecule has 0 saturated carbocycles. The van der Waals surface area contributed by atoms with Gasteiger partial charge < -0.3 is 4.74 Å². The number of nitrogens with zero attached hydrogens (tertiary/aromatic N) is 1. The minimum absolute atomic E-state index is 0.475. The van der Waals surface area contributed by atoms with Crippen LogP contribution in [0.5, 0.6) is 5.75 Å². The maximum absolute atomic E-state index is 5.94. The fourth-order valence-electron chi connectivity index (χ4n) is 2.23. The summed E-state index contributed by atoms with van der Waals surface area (Å²) >= 11 is 0. The third kappa shape index (κ3) is 3.12. The van der Waals surface area contributed by atoms with Gasteiger partial charge in [-0.25, -0.2) is 0 Å². The van der Waals surface area contributed by atoms with E-state index < -0.39 is 0 Å². The molecule has 0 aromatic carbocycles. The molecule has 1 aliphatic carbocycles. The van der Waals surface area contributed by atoms with E-state index in [2.05, 4.69) is 45.1 Å². The van der Waals surface area contributed by atoms with E-state index >= 15 is 0 Å². The van der Waals surface area contributed by atoms with Crippen molar-refractivity contribution >= 4 is 0 Å². The lowest BCUT2D eigenvalue weighted by Crippen LogP contribution is -2.10. The molecular weight excluding hydrogens is 222 g/mol. The van der Waals surface area contributed by atoms with Gasteiger partial charge in [0.2, 0.25) is 0 Å². The molecule has 1 aromatic heterocycles. The molecule has 0 saturated heterocycles. The largest absolute Gasteiger partial charge is 0.491 e. The van der Waals surface area contributed by atoms with Gasteiger partial charge in [-0.1, -0.05) is 32.9 Å². The molecule has 1 heterocycles. The Morgan fingerprint density at radius 2 is 2.00 bits per heavy atom. The molecule has 0 amide bonds. The minimum Gasteiger partial charge on any atom is -0.491 e. The SMILES string of the molecule is CCc1nc(C(C)C)ccc1OCC1CC=CC1. The van der Waals surface area contributed by atoms with Crippen LogP contribution in [0, 0.1) is 5.92 Å². The summed E-state index contributed by atoms with van der Waals surface area (Å²) in [5.41, 5.74) is 2.24. The summed E-state index contributed by atoms with van der Waals surface area (Å²) in [5.74, 6) is 2.09. The smallest absolute Gasteiger partial charge is 0.140 e. The lowest BCUT2D eigenvalue weighted by Gasteiger charge is -2.15. The summed E-state index contributed by atoms with van der Waals surface area (Å²) < 4.78 is 5.94. The van der Waals surface area contributed by atoms with Crippen LogP contribution in [-0.4, -0.2) is 11.6 Å². The molecule has 18 heavy (non-hydrogen) atoms. The number of hydrogen-bond donors (Lipinski definition) is 0. The Morgan fingerprint density at radius 1 is 1.28 bits per heavy atom. The second-order valence-corrected chi connectivity index (χ2v) is 5.31. The van der Waals surface area contributed by atoms with Crippen LogP contribution in [0.2, 0.25) is 0 Å². The number of aromatic nitrogens is 1. The highest BCUT2D eigenvalue weighted by atomic mass is 16.5. The molecule has 2 nitrogen and oxygen atoms in total. The zero-order valence-corrected chi connectivity index (χ0v) is 11.6. The van der Waals surface area contributed by atoms with Gasteiger partial charge in [0, 0.05) is 5.69 Å². The maximum Gasteiger partial charge on any atom is 0.140 e. The Hall–Kier alpha value is -1.31. The highest BCUT2D eigenvalue weighted by molar-refractivity contribution is 5.30. The Labute approximate surface area is 110 Å². The molecule has 0 radical (unpaired) electrons. The van der Waals surface area contributed by atoms with Gasteiger partial charge in [-0.3, -0.25) is 4.98 Å². The zero-order valence-electron chi connectivity index (χ0n) is 11.6. The molecule has 0 bridgehead atoms. The molecule has 0 spiro atoms. The first kappa shape index (κ1) is 13.1. The van der Waals surface area contributed by atoms with E-state index in [0.717, 1.165) is 43.0 Å². The molecule has 98 valence electrons. The summed E-state index contributed by atoms with van der Waals surface area (Å²) in [7, 11) is 0. The highest BCUT2D eigenvalue weighted by Gasteiger charge is 2.13. The molecule has 2 heteroatoms. The quantitative estimate of drug-likeness (QED) is 0.728. The molecule has 0 atom stereocenters. The van der Waals surface area contributed by atoms with Crippen LogP contribution < -0.4 is 4.74 Å². The normalized spacial score (nSPS) is 15.6. The van der Waals surface area contributed by atoms with Gasteiger partial charge in [0.25, 0.3) is 0 Å². The van der Waals surface area contributed by atoms with Gasteiger partial charge in [0.15, 0.2) is 0 Å². The van der Waals surface area contributed by atoms with Crippen molar-refractivity contribution in [1.29, 1.82) is 0 Å². The molecule has 0 N–H and O–H groups in total. The maximum atomic E-state index is 5.94.